The fraction of sp³-hybridized carbons (Fsp3) is 0.550. The lowest BCUT2D eigenvalue weighted by molar-refractivity contribution is -0.137. The van der Waals surface area contributed by atoms with Crippen LogP contribution in [0.4, 0.5) is 31.0 Å². The molecule has 1 heterocycles. The molecule has 1 aromatic heterocycles. The molecule has 1 aliphatic rings. The lowest BCUT2D eigenvalue weighted by atomic mass is 9.93. The van der Waals surface area contributed by atoms with Gasteiger partial charge in [-0.05, 0) is 57.2 Å². The van der Waals surface area contributed by atoms with Gasteiger partial charge < -0.3 is 21.1 Å². The van der Waals surface area contributed by atoms with Crippen LogP contribution in [-0.4, -0.2) is 38.2 Å². The zero-order valence-corrected chi connectivity index (χ0v) is 17.0. The molecule has 0 radical (unpaired) electrons. The first-order chi connectivity index (χ1) is 14.2. The van der Waals surface area contributed by atoms with Crippen molar-refractivity contribution in [3.63, 3.8) is 0 Å². The summed E-state index contributed by atoms with van der Waals surface area (Å²) in [6.45, 7) is 4.05. The van der Waals surface area contributed by atoms with E-state index >= 15 is 0 Å². The molecule has 7 nitrogen and oxygen atoms in total. The van der Waals surface area contributed by atoms with Crippen LogP contribution in [0.3, 0.4) is 0 Å². The van der Waals surface area contributed by atoms with Gasteiger partial charge in [0.05, 0.1) is 11.7 Å². The zero-order chi connectivity index (χ0) is 21.7. The Bertz CT molecular complexity index is 838. The van der Waals surface area contributed by atoms with Crippen molar-refractivity contribution in [2.24, 2.45) is 0 Å². The van der Waals surface area contributed by atoms with Gasteiger partial charge in [-0.2, -0.15) is 28.1 Å². The standard InChI is InChI=1S/C20H27F3N6O/c1-12(2)25-18-27-17(24-11-13-4-3-5-14(10-13)20(21,22)23)28-19(29-18)26-15-6-8-16(30)9-7-15/h3-5,10,12,15-16,30H,6-9,11H2,1-2H3,(H3,24,25,26,27,28,29). The molecule has 0 spiro atoms. The Morgan fingerprint density at radius 3 is 2.37 bits per heavy atom. The fourth-order valence-corrected chi connectivity index (χ4v) is 3.28. The molecular formula is C20H27F3N6O. The molecule has 1 fully saturated rings. The van der Waals surface area contributed by atoms with Crippen molar-refractivity contribution in [2.75, 3.05) is 16.0 Å². The number of alkyl halides is 3. The van der Waals surface area contributed by atoms with Crippen LogP contribution in [0.5, 0.6) is 0 Å². The van der Waals surface area contributed by atoms with Gasteiger partial charge in [-0.25, -0.2) is 0 Å². The van der Waals surface area contributed by atoms with E-state index in [-0.39, 0.29) is 30.7 Å². The number of aliphatic hydroxyl groups excluding tert-OH is 1. The average molecular weight is 424 g/mol. The van der Waals surface area contributed by atoms with Crippen molar-refractivity contribution in [3.05, 3.63) is 35.4 Å². The predicted molar refractivity (Wildman–Crippen MR) is 109 cm³/mol. The van der Waals surface area contributed by atoms with Crippen molar-refractivity contribution in [1.29, 1.82) is 0 Å². The molecule has 1 aliphatic carbocycles. The predicted octanol–water partition coefficient (Wildman–Crippen LogP) is 4.04. The van der Waals surface area contributed by atoms with Gasteiger partial charge >= 0.3 is 6.18 Å². The van der Waals surface area contributed by atoms with Gasteiger partial charge in [0.2, 0.25) is 17.8 Å². The molecule has 0 atom stereocenters. The van der Waals surface area contributed by atoms with Crippen molar-refractivity contribution in [2.45, 2.75) is 70.4 Å². The van der Waals surface area contributed by atoms with Gasteiger partial charge in [-0.15, -0.1) is 0 Å². The van der Waals surface area contributed by atoms with Gasteiger partial charge in [-0.1, -0.05) is 12.1 Å². The molecule has 10 heteroatoms. The first-order valence-corrected chi connectivity index (χ1v) is 10.1. The Balaban J connectivity index is 1.73. The van der Waals surface area contributed by atoms with Gasteiger partial charge in [0, 0.05) is 18.6 Å². The van der Waals surface area contributed by atoms with Crippen molar-refractivity contribution >= 4 is 17.8 Å². The second-order valence-corrected chi connectivity index (χ2v) is 7.81. The number of aliphatic hydroxyl groups is 1. The highest BCUT2D eigenvalue weighted by Crippen LogP contribution is 2.29. The van der Waals surface area contributed by atoms with Crippen LogP contribution < -0.4 is 16.0 Å². The zero-order valence-electron chi connectivity index (χ0n) is 17.0. The Labute approximate surface area is 173 Å². The second-order valence-electron chi connectivity index (χ2n) is 7.81. The molecule has 0 aliphatic heterocycles. The van der Waals surface area contributed by atoms with Crippen LogP contribution in [-0.2, 0) is 12.7 Å². The SMILES string of the molecule is CC(C)Nc1nc(NCc2cccc(C(F)(F)F)c2)nc(NC2CCC(O)CC2)n1. The van der Waals surface area contributed by atoms with Gasteiger partial charge in [0.25, 0.3) is 0 Å². The number of benzene rings is 1. The summed E-state index contributed by atoms with van der Waals surface area (Å²) >= 11 is 0. The third-order valence-corrected chi connectivity index (χ3v) is 4.79. The largest absolute Gasteiger partial charge is 0.416 e. The third kappa shape index (κ3) is 6.45. The fourth-order valence-electron chi connectivity index (χ4n) is 3.28. The van der Waals surface area contributed by atoms with E-state index in [0.29, 0.717) is 17.5 Å². The number of anilines is 3. The summed E-state index contributed by atoms with van der Waals surface area (Å²) in [7, 11) is 0. The molecule has 2 aromatic rings. The molecule has 0 saturated heterocycles. The van der Waals surface area contributed by atoms with Crippen LogP contribution in [0.1, 0.15) is 50.7 Å². The Kier molecular flexibility index (Phi) is 6.96. The van der Waals surface area contributed by atoms with E-state index in [1.54, 1.807) is 6.07 Å². The summed E-state index contributed by atoms with van der Waals surface area (Å²) in [5.41, 5.74) is -0.221. The van der Waals surface area contributed by atoms with Crippen molar-refractivity contribution < 1.29 is 18.3 Å². The molecule has 4 N–H and O–H groups in total. The molecule has 0 unspecified atom stereocenters. The van der Waals surface area contributed by atoms with E-state index in [9.17, 15) is 18.3 Å². The molecule has 3 rings (SSSR count). The molecule has 0 bridgehead atoms. The van der Waals surface area contributed by atoms with Crippen LogP contribution >= 0.6 is 0 Å². The summed E-state index contributed by atoms with van der Waals surface area (Å²) in [5, 5.41) is 19.1. The third-order valence-electron chi connectivity index (χ3n) is 4.79. The second kappa shape index (κ2) is 9.46. The molecule has 1 saturated carbocycles. The van der Waals surface area contributed by atoms with E-state index in [2.05, 4.69) is 30.9 Å². The quantitative estimate of drug-likeness (QED) is 0.533. The maximum absolute atomic E-state index is 12.9. The Hall–Kier alpha value is -2.62. The summed E-state index contributed by atoms with van der Waals surface area (Å²) in [5.74, 6) is 1.04. The number of nitrogens with one attached hydrogen (secondary N) is 3. The van der Waals surface area contributed by atoms with Crippen LogP contribution in [0.2, 0.25) is 0 Å². The lowest BCUT2D eigenvalue weighted by Gasteiger charge is -2.26. The van der Waals surface area contributed by atoms with Gasteiger partial charge in [-0.3, -0.25) is 0 Å². The Morgan fingerprint density at radius 1 is 1.03 bits per heavy atom. The summed E-state index contributed by atoms with van der Waals surface area (Å²) < 4.78 is 38.8. The number of rotatable bonds is 7. The van der Waals surface area contributed by atoms with Gasteiger partial charge in [0.1, 0.15) is 0 Å². The molecule has 30 heavy (non-hydrogen) atoms. The van der Waals surface area contributed by atoms with Crippen LogP contribution in [0.25, 0.3) is 0 Å². The minimum Gasteiger partial charge on any atom is -0.393 e. The highest BCUT2D eigenvalue weighted by atomic mass is 19.4. The van der Waals surface area contributed by atoms with E-state index in [1.807, 2.05) is 13.8 Å². The maximum Gasteiger partial charge on any atom is 0.416 e. The summed E-state index contributed by atoms with van der Waals surface area (Å²) in [4.78, 5) is 13.1. The van der Waals surface area contributed by atoms with Gasteiger partial charge in [0.15, 0.2) is 0 Å². The number of hydrogen-bond acceptors (Lipinski definition) is 7. The molecule has 164 valence electrons. The number of hydrogen-bond donors (Lipinski definition) is 4. The highest BCUT2D eigenvalue weighted by Gasteiger charge is 2.30. The molecule has 0 amide bonds. The monoisotopic (exact) mass is 424 g/mol. The van der Waals surface area contributed by atoms with Crippen molar-refractivity contribution in [1.82, 2.24) is 15.0 Å². The van der Waals surface area contributed by atoms with Crippen LogP contribution in [0, 0.1) is 0 Å². The molecule has 1 aromatic carbocycles. The van der Waals surface area contributed by atoms with Crippen molar-refractivity contribution in [3.8, 4) is 0 Å². The first kappa shape index (κ1) is 22.1. The maximum atomic E-state index is 12.9. The minimum atomic E-state index is -4.39. The van der Waals surface area contributed by atoms with E-state index in [1.165, 1.54) is 6.07 Å². The van der Waals surface area contributed by atoms with E-state index in [0.717, 1.165) is 37.8 Å². The van der Waals surface area contributed by atoms with Crippen LogP contribution in [0.15, 0.2) is 24.3 Å². The highest BCUT2D eigenvalue weighted by molar-refractivity contribution is 5.43. The lowest BCUT2D eigenvalue weighted by Crippen LogP contribution is -2.29. The number of aromatic nitrogens is 3. The normalized spacial score (nSPS) is 19.6. The molecular weight excluding hydrogens is 397 g/mol. The number of halogens is 3. The average Bonchev–Trinajstić information content (AvgIpc) is 2.67. The summed E-state index contributed by atoms with van der Waals surface area (Å²) in [6.07, 6.45) is -1.58. The smallest absolute Gasteiger partial charge is 0.393 e. The van der Waals surface area contributed by atoms with E-state index in [4.69, 9.17) is 0 Å². The van der Waals surface area contributed by atoms with E-state index < -0.39 is 11.7 Å². The topological polar surface area (TPSA) is 95.0 Å². The number of nitrogens with zero attached hydrogens (tertiary/aromatic N) is 3. The first-order valence-electron chi connectivity index (χ1n) is 10.1. The minimum absolute atomic E-state index is 0.0985. The summed E-state index contributed by atoms with van der Waals surface area (Å²) in [6, 6.07) is 5.39. The Morgan fingerprint density at radius 2 is 1.70 bits per heavy atom.